The van der Waals surface area contributed by atoms with Gasteiger partial charge in [0.1, 0.15) is 0 Å². The summed E-state index contributed by atoms with van der Waals surface area (Å²) in [4.78, 5) is 2.63. The minimum Gasteiger partial charge on any atom is -0.316 e. The summed E-state index contributed by atoms with van der Waals surface area (Å²) in [5.74, 6) is 1.05. The Morgan fingerprint density at radius 2 is 2.11 bits per heavy atom. The van der Waals surface area contributed by atoms with Gasteiger partial charge in [-0.25, -0.2) is 0 Å². The van der Waals surface area contributed by atoms with Gasteiger partial charge >= 0.3 is 0 Å². The third-order valence-corrected chi connectivity index (χ3v) is 5.62. The monoisotopic (exact) mass is 311 g/mol. The zero-order chi connectivity index (χ0) is 13.5. The van der Waals surface area contributed by atoms with Gasteiger partial charge in [0.05, 0.1) is 5.02 Å². The van der Waals surface area contributed by atoms with E-state index in [1.54, 1.807) is 0 Å². The maximum absolute atomic E-state index is 6.17. The first-order valence-corrected chi connectivity index (χ1v) is 8.61. The van der Waals surface area contributed by atoms with Gasteiger partial charge in [0.25, 0.3) is 0 Å². The predicted octanol–water partition coefficient (Wildman–Crippen LogP) is 4.71. The Morgan fingerprint density at radius 1 is 1.26 bits per heavy atom. The number of thiophene rings is 1. The summed E-state index contributed by atoms with van der Waals surface area (Å²) >= 11 is 9.83. The van der Waals surface area contributed by atoms with E-state index < -0.39 is 0 Å². The zero-order valence-corrected chi connectivity index (χ0v) is 13.3. The number of hydrogen-bond acceptors (Lipinski definition) is 3. The van der Waals surface area contributed by atoms with Gasteiger partial charge < -0.3 is 5.32 Å². The minimum absolute atomic E-state index is 0.517. The molecule has 0 fully saturated rings. The van der Waals surface area contributed by atoms with Crippen LogP contribution in [-0.2, 0) is 6.42 Å². The summed E-state index contributed by atoms with van der Waals surface area (Å²) in [6.45, 7) is 0. The third kappa shape index (κ3) is 4.84. The maximum Gasteiger partial charge on any atom is 0.0541 e. The van der Waals surface area contributed by atoms with Gasteiger partial charge in [0.15, 0.2) is 0 Å². The average Bonchev–Trinajstić information content (AvgIpc) is 2.94. The van der Waals surface area contributed by atoms with Crippen LogP contribution in [0.5, 0.6) is 0 Å². The maximum atomic E-state index is 6.17. The van der Waals surface area contributed by atoms with Crippen molar-refractivity contribution < 1.29 is 0 Å². The molecule has 1 aromatic carbocycles. The topological polar surface area (TPSA) is 12.0 Å². The molecule has 1 N–H and O–H groups in total. The number of thioether (sulfide) groups is 1. The number of hydrogen-bond donors (Lipinski definition) is 1. The van der Waals surface area contributed by atoms with Crippen molar-refractivity contribution in [1.29, 1.82) is 0 Å². The lowest BCUT2D eigenvalue weighted by Crippen LogP contribution is -2.28. The lowest BCUT2D eigenvalue weighted by Gasteiger charge is -2.15. The van der Waals surface area contributed by atoms with Gasteiger partial charge in [-0.15, -0.1) is 23.1 Å². The number of benzene rings is 1. The van der Waals surface area contributed by atoms with E-state index in [4.69, 9.17) is 11.6 Å². The lowest BCUT2D eigenvalue weighted by molar-refractivity contribution is 0.575. The molecule has 0 aliphatic heterocycles. The molecule has 19 heavy (non-hydrogen) atoms. The summed E-state index contributed by atoms with van der Waals surface area (Å²) in [5, 5.41) is 6.38. The molecule has 102 valence electrons. The van der Waals surface area contributed by atoms with Crippen molar-refractivity contribution in [3.63, 3.8) is 0 Å². The van der Waals surface area contributed by atoms with Gasteiger partial charge in [-0.1, -0.05) is 29.8 Å². The molecule has 0 aliphatic rings. The van der Waals surface area contributed by atoms with Crippen LogP contribution in [0, 0.1) is 0 Å². The number of halogens is 1. The average molecular weight is 312 g/mol. The van der Waals surface area contributed by atoms with E-state index in [0.29, 0.717) is 6.04 Å². The zero-order valence-electron chi connectivity index (χ0n) is 10.9. The normalized spacial score (nSPS) is 12.5. The smallest absolute Gasteiger partial charge is 0.0541 e. The fourth-order valence-electron chi connectivity index (χ4n) is 1.83. The van der Waals surface area contributed by atoms with E-state index in [9.17, 15) is 0 Å². The molecule has 0 saturated heterocycles. The standard InChI is InChI=1S/C15H18ClNS2/c1-17-12(8-9-13-5-4-10-18-13)11-19-15-7-3-2-6-14(15)16/h2-7,10,12,17H,8-9,11H2,1H3. The van der Waals surface area contributed by atoms with E-state index in [-0.39, 0.29) is 0 Å². The van der Waals surface area contributed by atoms with Gasteiger partial charge in [-0.2, -0.15) is 0 Å². The van der Waals surface area contributed by atoms with E-state index in [0.717, 1.165) is 23.6 Å². The second-order valence-electron chi connectivity index (χ2n) is 4.35. The summed E-state index contributed by atoms with van der Waals surface area (Å²) in [7, 11) is 2.03. The van der Waals surface area contributed by atoms with Crippen LogP contribution in [-0.4, -0.2) is 18.8 Å². The molecule has 0 spiro atoms. The van der Waals surface area contributed by atoms with Gasteiger partial charge in [-0.05, 0) is 43.5 Å². The summed E-state index contributed by atoms with van der Waals surface area (Å²) in [6, 6.07) is 12.9. The van der Waals surface area contributed by atoms with Crippen molar-refractivity contribution >= 4 is 34.7 Å². The summed E-state index contributed by atoms with van der Waals surface area (Å²) < 4.78 is 0. The van der Waals surface area contributed by atoms with Gasteiger partial charge in [0, 0.05) is 21.6 Å². The largest absolute Gasteiger partial charge is 0.316 e. The molecular formula is C15H18ClNS2. The first-order chi connectivity index (χ1) is 9.29. The first-order valence-electron chi connectivity index (χ1n) is 6.36. The van der Waals surface area contributed by atoms with Crippen molar-refractivity contribution in [2.24, 2.45) is 0 Å². The Balaban J connectivity index is 1.81. The van der Waals surface area contributed by atoms with Crippen LogP contribution in [0.15, 0.2) is 46.7 Å². The van der Waals surface area contributed by atoms with E-state index in [2.05, 4.69) is 28.9 Å². The van der Waals surface area contributed by atoms with Crippen LogP contribution in [0.2, 0.25) is 5.02 Å². The minimum atomic E-state index is 0.517. The molecule has 0 amide bonds. The van der Waals surface area contributed by atoms with Crippen molar-refractivity contribution in [3.8, 4) is 0 Å². The van der Waals surface area contributed by atoms with E-state index in [1.165, 1.54) is 9.77 Å². The van der Waals surface area contributed by atoms with Crippen LogP contribution < -0.4 is 5.32 Å². The highest BCUT2D eigenvalue weighted by Gasteiger charge is 2.09. The van der Waals surface area contributed by atoms with Crippen LogP contribution in [0.25, 0.3) is 0 Å². The molecule has 0 aliphatic carbocycles. The fourth-order valence-corrected chi connectivity index (χ4v) is 3.95. The molecule has 0 saturated carbocycles. The van der Waals surface area contributed by atoms with Crippen molar-refractivity contribution in [2.75, 3.05) is 12.8 Å². The Kier molecular flexibility index (Phi) is 6.24. The molecule has 1 unspecified atom stereocenters. The Hall–Kier alpha value is -0.480. The first kappa shape index (κ1) is 14.9. The molecule has 1 aromatic heterocycles. The number of aryl methyl sites for hydroxylation is 1. The van der Waals surface area contributed by atoms with Crippen molar-refractivity contribution in [3.05, 3.63) is 51.7 Å². The van der Waals surface area contributed by atoms with Gasteiger partial charge in [-0.3, -0.25) is 0 Å². The van der Waals surface area contributed by atoms with Gasteiger partial charge in [0.2, 0.25) is 0 Å². The molecule has 1 atom stereocenters. The van der Waals surface area contributed by atoms with Crippen LogP contribution in [0.3, 0.4) is 0 Å². The third-order valence-electron chi connectivity index (χ3n) is 3.00. The lowest BCUT2D eigenvalue weighted by atomic mass is 10.1. The fraction of sp³-hybridized carbons (Fsp3) is 0.333. The molecule has 4 heteroatoms. The SMILES string of the molecule is CNC(CCc1cccs1)CSc1ccccc1Cl. The summed E-state index contributed by atoms with van der Waals surface area (Å²) in [5.41, 5.74) is 0. The summed E-state index contributed by atoms with van der Waals surface area (Å²) in [6.07, 6.45) is 2.31. The Bertz CT molecular complexity index is 485. The molecule has 1 nitrogen and oxygen atoms in total. The molecule has 2 rings (SSSR count). The second-order valence-corrected chi connectivity index (χ2v) is 6.85. The quantitative estimate of drug-likeness (QED) is 0.743. The molecule has 0 bridgehead atoms. The van der Waals surface area contributed by atoms with E-state index >= 15 is 0 Å². The van der Waals surface area contributed by atoms with Crippen molar-refractivity contribution in [2.45, 2.75) is 23.8 Å². The Morgan fingerprint density at radius 3 is 2.79 bits per heavy atom. The second kappa shape index (κ2) is 7.95. The highest BCUT2D eigenvalue weighted by atomic mass is 35.5. The predicted molar refractivity (Wildman–Crippen MR) is 87.7 cm³/mol. The highest BCUT2D eigenvalue weighted by molar-refractivity contribution is 7.99. The molecule has 2 aromatic rings. The van der Waals surface area contributed by atoms with Crippen LogP contribution in [0.4, 0.5) is 0 Å². The molecule has 0 radical (unpaired) electrons. The van der Waals surface area contributed by atoms with Crippen LogP contribution >= 0.6 is 34.7 Å². The van der Waals surface area contributed by atoms with Crippen LogP contribution in [0.1, 0.15) is 11.3 Å². The Labute approximate surface area is 128 Å². The molecule has 1 heterocycles. The van der Waals surface area contributed by atoms with E-state index in [1.807, 2.05) is 48.3 Å². The molecular weight excluding hydrogens is 294 g/mol. The number of nitrogens with one attached hydrogen (secondary N) is 1. The highest BCUT2D eigenvalue weighted by Crippen LogP contribution is 2.27. The number of rotatable bonds is 7. The van der Waals surface area contributed by atoms with Crippen molar-refractivity contribution in [1.82, 2.24) is 5.32 Å².